The average Bonchev–Trinajstić information content (AvgIpc) is 2.26. The lowest BCUT2D eigenvalue weighted by Gasteiger charge is -2.09. The number of rotatable bonds is 5. The summed E-state index contributed by atoms with van der Waals surface area (Å²) < 4.78 is 18.4. The molecule has 2 N–H and O–H groups in total. The van der Waals surface area contributed by atoms with Crippen molar-refractivity contribution in [3.8, 4) is 0 Å². The van der Waals surface area contributed by atoms with Gasteiger partial charge in [-0.2, -0.15) is 0 Å². The number of benzene rings is 1. The van der Waals surface area contributed by atoms with Gasteiger partial charge in [0.2, 0.25) is 5.91 Å². The summed E-state index contributed by atoms with van der Waals surface area (Å²) in [6.45, 7) is 3.43. The molecule has 0 aliphatic rings. The van der Waals surface area contributed by atoms with Crippen LogP contribution >= 0.6 is 0 Å². The Hall–Kier alpha value is -1.95. The van der Waals surface area contributed by atoms with E-state index in [1.54, 1.807) is 13.8 Å². The van der Waals surface area contributed by atoms with E-state index in [1.165, 1.54) is 6.07 Å². The number of halogens is 1. The van der Waals surface area contributed by atoms with Gasteiger partial charge in [-0.3, -0.25) is 4.79 Å². The number of carboxylic acids is 1. The van der Waals surface area contributed by atoms with Gasteiger partial charge >= 0.3 is 5.97 Å². The third-order valence-corrected chi connectivity index (χ3v) is 2.03. The number of carboxylic acid groups (broad SMARTS) is 1. The standard InChI is InChI=1S/C12H14FNO4/c1-7(2)18-6-11(15)14-8-3-4-9(12(16)17)10(13)5-8/h3-5,7H,6H2,1-2H3,(H,14,15)(H,16,17). The quantitative estimate of drug-likeness (QED) is 0.842. The summed E-state index contributed by atoms with van der Waals surface area (Å²) in [5.41, 5.74) is -0.249. The molecule has 0 saturated carbocycles. The van der Waals surface area contributed by atoms with Gasteiger partial charge in [0.25, 0.3) is 0 Å². The lowest BCUT2D eigenvalue weighted by molar-refractivity contribution is -0.121. The third-order valence-electron chi connectivity index (χ3n) is 2.03. The van der Waals surface area contributed by atoms with E-state index in [0.29, 0.717) is 0 Å². The van der Waals surface area contributed by atoms with E-state index >= 15 is 0 Å². The molecule has 0 fully saturated rings. The molecule has 6 heteroatoms. The van der Waals surface area contributed by atoms with Gasteiger partial charge < -0.3 is 15.2 Å². The van der Waals surface area contributed by atoms with Crippen LogP contribution < -0.4 is 5.32 Å². The number of anilines is 1. The minimum absolute atomic E-state index is 0.0816. The Morgan fingerprint density at radius 2 is 2.11 bits per heavy atom. The topological polar surface area (TPSA) is 75.6 Å². The zero-order chi connectivity index (χ0) is 13.7. The van der Waals surface area contributed by atoms with Crippen molar-refractivity contribution in [2.24, 2.45) is 0 Å². The maximum Gasteiger partial charge on any atom is 0.338 e. The van der Waals surface area contributed by atoms with Crippen LogP contribution in [0.2, 0.25) is 0 Å². The Morgan fingerprint density at radius 3 is 2.61 bits per heavy atom. The highest BCUT2D eigenvalue weighted by molar-refractivity contribution is 5.93. The molecule has 0 bridgehead atoms. The number of nitrogens with one attached hydrogen (secondary N) is 1. The third kappa shape index (κ3) is 4.14. The number of hydrogen-bond donors (Lipinski definition) is 2. The van der Waals surface area contributed by atoms with Crippen molar-refractivity contribution in [2.45, 2.75) is 20.0 Å². The van der Waals surface area contributed by atoms with E-state index < -0.39 is 23.3 Å². The van der Waals surface area contributed by atoms with Crippen LogP contribution in [-0.2, 0) is 9.53 Å². The number of carbonyl (C=O) groups excluding carboxylic acids is 1. The fourth-order valence-corrected chi connectivity index (χ4v) is 1.21. The number of ether oxygens (including phenoxy) is 1. The number of amides is 1. The zero-order valence-corrected chi connectivity index (χ0v) is 10.1. The Labute approximate surface area is 104 Å². The van der Waals surface area contributed by atoms with Crippen molar-refractivity contribution in [3.63, 3.8) is 0 Å². The molecule has 0 aromatic heterocycles. The Balaban J connectivity index is 2.66. The van der Waals surface area contributed by atoms with Crippen molar-refractivity contribution in [1.82, 2.24) is 0 Å². The Kier molecular flexibility index (Phi) is 4.79. The van der Waals surface area contributed by atoms with E-state index in [0.717, 1.165) is 12.1 Å². The molecule has 0 aliphatic heterocycles. The maximum absolute atomic E-state index is 13.3. The second kappa shape index (κ2) is 6.11. The van der Waals surface area contributed by atoms with Crippen LogP contribution in [0.3, 0.4) is 0 Å². The number of carbonyl (C=O) groups is 2. The highest BCUT2D eigenvalue weighted by Crippen LogP contribution is 2.14. The summed E-state index contributed by atoms with van der Waals surface area (Å²) >= 11 is 0. The minimum Gasteiger partial charge on any atom is -0.478 e. The molecule has 1 amide bonds. The van der Waals surface area contributed by atoms with Crippen molar-refractivity contribution >= 4 is 17.6 Å². The molecule has 98 valence electrons. The van der Waals surface area contributed by atoms with Gasteiger partial charge in [-0.05, 0) is 32.0 Å². The first-order valence-electron chi connectivity index (χ1n) is 5.34. The molecule has 0 atom stereocenters. The van der Waals surface area contributed by atoms with E-state index in [-0.39, 0.29) is 18.4 Å². The SMILES string of the molecule is CC(C)OCC(=O)Nc1ccc(C(=O)O)c(F)c1. The van der Waals surface area contributed by atoms with Crippen LogP contribution in [0, 0.1) is 5.82 Å². The Bertz CT molecular complexity index is 459. The lowest BCUT2D eigenvalue weighted by atomic mass is 10.2. The molecule has 0 radical (unpaired) electrons. The number of aromatic carboxylic acids is 1. The summed E-state index contributed by atoms with van der Waals surface area (Å²) in [5.74, 6) is -2.68. The molecular weight excluding hydrogens is 241 g/mol. The Morgan fingerprint density at radius 1 is 1.44 bits per heavy atom. The summed E-state index contributed by atoms with van der Waals surface area (Å²) in [6, 6.07) is 3.37. The molecule has 18 heavy (non-hydrogen) atoms. The van der Waals surface area contributed by atoms with E-state index in [2.05, 4.69) is 5.32 Å². The van der Waals surface area contributed by atoms with Crippen LogP contribution in [-0.4, -0.2) is 29.7 Å². The molecule has 0 spiro atoms. The highest BCUT2D eigenvalue weighted by Gasteiger charge is 2.11. The van der Waals surface area contributed by atoms with Gasteiger partial charge in [-0.1, -0.05) is 0 Å². The van der Waals surface area contributed by atoms with Gasteiger partial charge in [0.05, 0.1) is 11.7 Å². The first kappa shape index (κ1) is 14.1. The summed E-state index contributed by atoms with van der Waals surface area (Å²) in [5, 5.41) is 11.0. The monoisotopic (exact) mass is 255 g/mol. The average molecular weight is 255 g/mol. The maximum atomic E-state index is 13.3. The molecule has 0 unspecified atom stereocenters. The second-order valence-electron chi connectivity index (χ2n) is 3.91. The smallest absolute Gasteiger partial charge is 0.338 e. The first-order valence-corrected chi connectivity index (χ1v) is 5.34. The molecule has 0 saturated heterocycles. The zero-order valence-electron chi connectivity index (χ0n) is 10.1. The van der Waals surface area contributed by atoms with Crippen LogP contribution in [0.15, 0.2) is 18.2 Å². The van der Waals surface area contributed by atoms with E-state index in [1.807, 2.05) is 0 Å². The normalized spacial score (nSPS) is 10.4. The molecule has 1 aromatic rings. The van der Waals surface area contributed by atoms with E-state index in [9.17, 15) is 14.0 Å². The van der Waals surface area contributed by atoms with Gasteiger partial charge in [-0.25, -0.2) is 9.18 Å². The number of hydrogen-bond acceptors (Lipinski definition) is 3. The first-order chi connectivity index (χ1) is 8.40. The van der Waals surface area contributed by atoms with E-state index in [4.69, 9.17) is 9.84 Å². The van der Waals surface area contributed by atoms with Gasteiger partial charge in [-0.15, -0.1) is 0 Å². The van der Waals surface area contributed by atoms with Crippen molar-refractivity contribution in [3.05, 3.63) is 29.6 Å². The predicted octanol–water partition coefficient (Wildman–Crippen LogP) is 1.89. The van der Waals surface area contributed by atoms with Crippen molar-refractivity contribution in [1.29, 1.82) is 0 Å². The summed E-state index contributed by atoms with van der Waals surface area (Å²) in [6.07, 6.45) is -0.0816. The largest absolute Gasteiger partial charge is 0.478 e. The fraction of sp³-hybridized carbons (Fsp3) is 0.333. The van der Waals surface area contributed by atoms with Crippen LogP contribution in [0.4, 0.5) is 10.1 Å². The van der Waals surface area contributed by atoms with Gasteiger partial charge in [0.15, 0.2) is 0 Å². The highest BCUT2D eigenvalue weighted by atomic mass is 19.1. The van der Waals surface area contributed by atoms with Crippen LogP contribution in [0.25, 0.3) is 0 Å². The second-order valence-corrected chi connectivity index (χ2v) is 3.91. The summed E-state index contributed by atoms with van der Waals surface area (Å²) in [4.78, 5) is 22.0. The molecule has 1 aromatic carbocycles. The van der Waals surface area contributed by atoms with Crippen LogP contribution in [0.1, 0.15) is 24.2 Å². The summed E-state index contributed by atoms with van der Waals surface area (Å²) in [7, 11) is 0. The van der Waals surface area contributed by atoms with Gasteiger partial charge in [0, 0.05) is 5.69 Å². The lowest BCUT2D eigenvalue weighted by Crippen LogP contribution is -2.20. The van der Waals surface area contributed by atoms with Crippen LogP contribution in [0.5, 0.6) is 0 Å². The molecule has 0 aliphatic carbocycles. The molecule has 5 nitrogen and oxygen atoms in total. The predicted molar refractivity (Wildman–Crippen MR) is 63.1 cm³/mol. The molecule has 0 heterocycles. The van der Waals surface area contributed by atoms with Crippen molar-refractivity contribution in [2.75, 3.05) is 11.9 Å². The minimum atomic E-state index is -1.35. The molecule has 1 rings (SSSR count). The van der Waals surface area contributed by atoms with Crippen molar-refractivity contribution < 1.29 is 23.8 Å². The van der Waals surface area contributed by atoms with Gasteiger partial charge in [0.1, 0.15) is 12.4 Å². The molecular formula is C12H14FNO4. The fourth-order valence-electron chi connectivity index (χ4n) is 1.21.